The van der Waals surface area contributed by atoms with Gasteiger partial charge in [0.05, 0.1) is 6.10 Å². The molecule has 72 valence electrons. The Morgan fingerprint density at radius 3 is 2.23 bits per heavy atom. The maximum Gasteiger partial charge on any atom is 0.203 e. The maximum atomic E-state index is 12.6. The van der Waals surface area contributed by atoms with E-state index in [1.165, 1.54) is 6.92 Å². The van der Waals surface area contributed by atoms with E-state index in [4.69, 9.17) is 10.2 Å². The van der Waals surface area contributed by atoms with E-state index in [1.807, 2.05) is 0 Å². The Kier molecular flexibility index (Phi) is 2.47. The van der Waals surface area contributed by atoms with Crippen molar-refractivity contribution >= 4 is 0 Å². The predicted molar refractivity (Wildman–Crippen MR) is 38.6 cm³/mol. The van der Waals surface area contributed by atoms with E-state index >= 15 is 0 Å². The highest BCUT2D eigenvalue weighted by Gasteiger charge is 2.20. The molecule has 0 fully saturated rings. The van der Waals surface area contributed by atoms with Crippen molar-refractivity contribution in [2.45, 2.75) is 13.0 Å². The van der Waals surface area contributed by atoms with Crippen molar-refractivity contribution < 1.29 is 23.4 Å². The second-order valence-electron chi connectivity index (χ2n) is 2.60. The van der Waals surface area contributed by atoms with Crippen LogP contribution in [0.2, 0.25) is 0 Å². The molecule has 0 aliphatic heterocycles. The van der Waals surface area contributed by atoms with Gasteiger partial charge in [-0.25, -0.2) is 8.78 Å². The molecule has 0 heterocycles. The third-order valence-electron chi connectivity index (χ3n) is 1.62. The van der Waals surface area contributed by atoms with E-state index in [-0.39, 0.29) is 5.56 Å². The Morgan fingerprint density at radius 1 is 1.23 bits per heavy atom. The van der Waals surface area contributed by atoms with Gasteiger partial charge in [0.15, 0.2) is 17.4 Å². The number of aromatic hydroxyl groups is 1. The second kappa shape index (κ2) is 3.26. The molecule has 1 aromatic rings. The van der Waals surface area contributed by atoms with E-state index in [9.17, 15) is 13.2 Å². The minimum absolute atomic E-state index is 0.378. The van der Waals surface area contributed by atoms with E-state index in [0.717, 1.165) is 0 Å². The van der Waals surface area contributed by atoms with Crippen LogP contribution in [0.5, 0.6) is 5.75 Å². The molecule has 0 aromatic heterocycles. The van der Waals surface area contributed by atoms with Crippen LogP contribution in [0.1, 0.15) is 18.6 Å². The first kappa shape index (κ1) is 9.85. The fraction of sp³-hybridized carbons (Fsp3) is 0.250. The molecule has 0 spiro atoms. The predicted octanol–water partition coefficient (Wildman–Crippen LogP) is 1.86. The average Bonchev–Trinajstić information content (AvgIpc) is 2.07. The zero-order valence-electron chi connectivity index (χ0n) is 6.68. The molecule has 0 saturated heterocycles. The maximum absolute atomic E-state index is 12.6. The van der Waals surface area contributed by atoms with Crippen LogP contribution in [0.15, 0.2) is 6.07 Å². The van der Waals surface area contributed by atoms with Crippen molar-refractivity contribution in [2.75, 3.05) is 0 Å². The van der Waals surface area contributed by atoms with Gasteiger partial charge >= 0.3 is 0 Å². The topological polar surface area (TPSA) is 40.5 Å². The summed E-state index contributed by atoms with van der Waals surface area (Å²) in [4.78, 5) is 0. The van der Waals surface area contributed by atoms with Crippen LogP contribution in [-0.4, -0.2) is 10.2 Å². The van der Waals surface area contributed by atoms with Gasteiger partial charge in [0, 0.05) is 5.56 Å². The summed E-state index contributed by atoms with van der Waals surface area (Å²) in [6.45, 7) is 1.20. The summed E-state index contributed by atoms with van der Waals surface area (Å²) < 4.78 is 37.6. The lowest BCUT2D eigenvalue weighted by Crippen LogP contribution is -1.99. The standard InChI is InChI=1S/C8H7F3O2/c1-3(12)4-2-5(9)6(10)7(11)8(4)13/h2-3,12-13H,1H3. The van der Waals surface area contributed by atoms with Crippen LogP contribution in [0.4, 0.5) is 13.2 Å². The molecule has 13 heavy (non-hydrogen) atoms. The minimum Gasteiger partial charge on any atom is -0.504 e. The second-order valence-corrected chi connectivity index (χ2v) is 2.60. The fourth-order valence-corrected chi connectivity index (χ4v) is 0.922. The van der Waals surface area contributed by atoms with Crippen LogP contribution < -0.4 is 0 Å². The third-order valence-corrected chi connectivity index (χ3v) is 1.62. The van der Waals surface area contributed by atoms with Gasteiger partial charge in [-0.2, -0.15) is 4.39 Å². The number of aliphatic hydroxyl groups is 1. The summed E-state index contributed by atoms with van der Waals surface area (Å²) in [7, 11) is 0. The van der Waals surface area contributed by atoms with Crippen LogP contribution in [0.25, 0.3) is 0 Å². The Labute approximate surface area is 72.2 Å². The van der Waals surface area contributed by atoms with E-state index in [2.05, 4.69) is 0 Å². The van der Waals surface area contributed by atoms with Crippen LogP contribution in [0.3, 0.4) is 0 Å². The van der Waals surface area contributed by atoms with Gasteiger partial charge in [-0.15, -0.1) is 0 Å². The molecular formula is C8H7F3O2. The summed E-state index contributed by atoms with van der Waals surface area (Å²) >= 11 is 0. The fourth-order valence-electron chi connectivity index (χ4n) is 0.922. The van der Waals surface area contributed by atoms with Gasteiger partial charge in [-0.1, -0.05) is 0 Å². The monoisotopic (exact) mass is 192 g/mol. The average molecular weight is 192 g/mol. The normalized spacial score (nSPS) is 13.0. The molecule has 2 N–H and O–H groups in total. The number of aliphatic hydroxyl groups excluding tert-OH is 1. The molecule has 0 aliphatic rings. The number of hydrogen-bond acceptors (Lipinski definition) is 2. The van der Waals surface area contributed by atoms with Crippen molar-refractivity contribution in [1.82, 2.24) is 0 Å². The molecule has 0 saturated carbocycles. The SMILES string of the molecule is CC(O)c1cc(F)c(F)c(F)c1O. The molecule has 0 amide bonds. The first-order valence-corrected chi connectivity index (χ1v) is 3.49. The van der Waals surface area contributed by atoms with Gasteiger partial charge in [0.2, 0.25) is 5.82 Å². The molecule has 1 aromatic carbocycles. The molecule has 0 bridgehead atoms. The van der Waals surface area contributed by atoms with Gasteiger partial charge < -0.3 is 10.2 Å². The summed E-state index contributed by atoms with van der Waals surface area (Å²) in [6, 6.07) is 0.554. The molecule has 1 rings (SSSR count). The minimum atomic E-state index is -1.75. The van der Waals surface area contributed by atoms with Crippen molar-refractivity contribution in [3.8, 4) is 5.75 Å². The smallest absolute Gasteiger partial charge is 0.203 e. The Balaban J connectivity index is 3.41. The first-order valence-electron chi connectivity index (χ1n) is 3.49. The quantitative estimate of drug-likeness (QED) is 0.667. The van der Waals surface area contributed by atoms with Gasteiger partial charge in [0.25, 0.3) is 0 Å². The van der Waals surface area contributed by atoms with E-state index in [1.54, 1.807) is 0 Å². The summed E-state index contributed by atoms with van der Waals surface area (Å²) in [5.74, 6) is -5.93. The van der Waals surface area contributed by atoms with Crippen LogP contribution in [0, 0.1) is 17.5 Å². The molecule has 1 unspecified atom stereocenters. The number of halogens is 3. The number of benzene rings is 1. The summed E-state index contributed by atoms with van der Waals surface area (Å²) in [5.41, 5.74) is -0.378. The highest BCUT2D eigenvalue weighted by molar-refractivity contribution is 5.36. The van der Waals surface area contributed by atoms with Gasteiger partial charge in [-0.3, -0.25) is 0 Å². The largest absolute Gasteiger partial charge is 0.504 e. The van der Waals surface area contributed by atoms with E-state index < -0.39 is 29.3 Å². The van der Waals surface area contributed by atoms with E-state index in [0.29, 0.717) is 6.07 Å². The van der Waals surface area contributed by atoms with Crippen molar-refractivity contribution in [2.24, 2.45) is 0 Å². The van der Waals surface area contributed by atoms with Crippen LogP contribution >= 0.6 is 0 Å². The Hall–Kier alpha value is -1.23. The highest BCUT2D eigenvalue weighted by Crippen LogP contribution is 2.29. The molecule has 2 nitrogen and oxygen atoms in total. The Morgan fingerprint density at radius 2 is 1.77 bits per heavy atom. The lowest BCUT2D eigenvalue weighted by atomic mass is 10.1. The van der Waals surface area contributed by atoms with Crippen molar-refractivity contribution in [3.63, 3.8) is 0 Å². The number of phenolic OH excluding ortho intramolecular Hbond substituents is 1. The van der Waals surface area contributed by atoms with Crippen molar-refractivity contribution in [1.29, 1.82) is 0 Å². The molecular weight excluding hydrogens is 185 g/mol. The third kappa shape index (κ3) is 1.60. The molecule has 1 atom stereocenters. The van der Waals surface area contributed by atoms with Crippen LogP contribution in [-0.2, 0) is 0 Å². The van der Waals surface area contributed by atoms with Gasteiger partial charge in [-0.05, 0) is 13.0 Å². The van der Waals surface area contributed by atoms with Gasteiger partial charge in [0.1, 0.15) is 0 Å². The molecule has 0 radical (unpaired) electrons. The lowest BCUT2D eigenvalue weighted by molar-refractivity contribution is 0.192. The lowest BCUT2D eigenvalue weighted by Gasteiger charge is -2.08. The number of hydrogen-bond donors (Lipinski definition) is 2. The number of rotatable bonds is 1. The Bertz CT molecular complexity index is 337. The highest BCUT2D eigenvalue weighted by atomic mass is 19.2. The van der Waals surface area contributed by atoms with Crippen molar-refractivity contribution in [3.05, 3.63) is 29.1 Å². The zero-order chi connectivity index (χ0) is 10.2. The zero-order valence-corrected chi connectivity index (χ0v) is 6.68. The summed E-state index contributed by atoms with van der Waals surface area (Å²) in [5, 5.41) is 17.9. The number of phenols is 1. The first-order chi connectivity index (χ1) is 5.95. The molecule has 0 aliphatic carbocycles. The molecule has 5 heteroatoms. The summed E-state index contributed by atoms with van der Waals surface area (Å²) in [6.07, 6.45) is -1.26.